The second-order valence-electron chi connectivity index (χ2n) is 6.86. The molecule has 1 aliphatic rings. The van der Waals surface area contributed by atoms with E-state index < -0.39 is 0 Å². The van der Waals surface area contributed by atoms with Gasteiger partial charge in [-0.25, -0.2) is 0 Å². The van der Waals surface area contributed by atoms with Crippen LogP contribution in [0, 0.1) is 0 Å². The number of nitrogens with one attached hydrogen (secondary N) is 2. The van der Waals surface area contributed by atoms with Crippen molar-refractivity contribution < 1.29 is 9.15 Å². The number of hydrogen-bond donors (Lipinski definition) is 2. The van der Waals surface area contributed by atoms with E-state index >= 15 is 0 Å². The number of rotatable bonds is 8. The average Bonchev–Trinajstić information content (AvgIpc) is 3.25. The molecule has 1 aromatic carbocycles. The molecule has 29 heavy (non-hydrogen) atoms. The van der Waals surface area contributed by atoms with Crippen LogP contribution in [0.2, 0.25) is 0 Å². The summed E-state index contributed by atoms with van der Waals surface area (Å²) in [6, 6.07) is 12.5. The first-order valence-corrected chi connectivity index (χ1v) is 9.85. The molecule has 0 amide bonds. The molecule has 3 rings (SSSR count). The van der Waals surface area contributed by atoms with Crippen molar-refractivity contribution in [1.29, 1.82) is 0 Å². The summed E-state index contributed by atoms with van der Waals surface area (Å²) >= 11 is 0. The molecule has 158 valence electrons. The summed E-state index contributed by atoms with van der Waals surface area (Å²) in [6.07, 6.45) is 6.58. The Kier molecular flexibility index (Phi) is 9.90. The maximum atomic E-state index is 5.39. The van der Waals surface area contributed by atoms with Crippen molar-refractivity contribution in [1.82, 2.24) is 10.6 Å². The van der Waals surface area contributed by atoms with Gasteiger partial charge in [-0.2, -0.15) is 0 Å². The maximum Gasteiger partial charge on any atom is 0.191 e. The Morgan fingerprint density at radius 3 is 3.03 bits per heavy atom. The van der Waals surface area contributed by atoms with Crippen LogP contribution >= 0.6 is 24.0 Å². The van der Waals surface area contributed by atoms with Crippen molar-refractivity contribution in [2.45, 2.75) is 25.3 Å². The fraction of sp³-hybridized carbons (Fsp3) is 0.409. The number of benzene rings is 1. The number of ether oxygens (including phenoxy) is 1. The molecule has 1 fully saturated rings. The van der Waals surface area contributed by atoms with Gasteiger partial charge in [-0.3, -0.25) is 4.99 Å². The Morgan fingerprint density at radius 1 is 1.38 bits per heavy atom. The van der Waals surface area contributed by atoms with Gasteiger partial charge in [0.2, 0.25) is 0 Å². The van der Waals surface area contributed by atoms with E-state index in [0.29, 0.717) is 19.1 Å². The van der Waals surface area contributed by atoms with Crippen molar-refractivity contribution >= 4 is 35.6 Å². The van der Waals surface area contributed by atoms with Gasteiger partial charge in [0.05, 0.1) is 13.4 Å². The minimum absolute atomic E-state index is 0. The van der Waals surface area contributed by atoms with Gasteiger partial charge in [0.1, 0.15) is 11.5 Å². The van der Waals surface area contributed by atoms with E-state index in [4.69, 9.17) is 14.1 Å². The first-order valence-electron chi connectivity index (χ1n) is 9.85. The van der Waals surface area contributed by atoms with Crippen molar-refractivity contribution in [2.24, 2.45) is 4.99 Å². The smallest absolute Gasteiger partial charge is 0.191 e. The molecule has 2 heterocycles. The van der Waals surface area contributed by atoms with Crippen molar-refractivity contribution in [3.63, 3.8) is 0 Å². The van der Waals surface area contributed by atoms with E-state index in [9.17, 15) is 0 Å². The standard InChI is InChI=1S/C22H30N4O2.HI/c1-3-12-23-22(24-13-11-20-10-6-15-28-20)25-18-7-5-14-26(17-18)19-8-4-9-21(16-19)27-2;/h3-4,6,8-10,15-16,18H,1,5,7,11-14,17H2,2H3,(H2,23,24,25);1H. The molecule has 0 spiro atoms. The summed E-state index contributed by atoms with van der Waals surface area (Å²) in [5.41, 5.74) is 1.20. The maximum absolute atomic E-state index is 5.39. The second kappa shape index (κ2) is 12.4. The third kappa shape index (κ3) is 7.30. The number of hydrogen-bond acceptors (Lipinski definition) is 4. The highest BCUT2D eigenvalue weighted by Gasteiger charge is 2.21. The van der Waals surface area contributed by atoms with Crippen LogP contribution in [0.3, 0.4) is 0 Å². The molecule has 0 radical (unpaired) electrons. The molecule has 0 bridgehead atoms. The highest BCUT2D eigenvalue weighted by Crippen LogP contribution is 2.24. The van der Waals surface area contributed by atoms with Crippen LogP contribution in [0.5, 0.6) is 5.75 Å². The van der Waals surface area contributed by atoms with E-state index in [1.165, 1.54) is 5.69 Å². The van der Waals surface area contributed by atoms with Gasteiger partial charge in [0.25, 0.3) is 0 Å². The zero-order valence-electron chi connectivity index (χ0n) is 17.0. The number of methoxy groups -OCH3 is 1. The van der Waals surface area contributed by atoms with E-state index in [2.05, 4.69) is 34.2 Å². The molecule has 1 saturated heterocycles. The summed E-state index contributed by atoms with van der Waals surface area (Å²) in [7, 11) is 1.70. The number of halogens is 1. The average molecular weight is 510 g/mol. The number of furan rings is 1. The normalized spacial score (nSPS) is 16.7. The molecule has 6 nitrogen and oxygen atoms in total. The quantitative estimate of drug-likeness (QED) is 0.245. The number of anilines is 1. The molecule has 1 aliphatic heterocycles. The Labute approximate surface area is 190 Å². The van der Waals surface area contributed by atoms with Crippen molar-refractivity contribution in [3.8, 4) is 5.75 Å². The lowest BCUT2D eigenvalue weighted by Crippen LogP contribution is -2.51. The predicted molar refractivity (Wildman–Crippen MR) is 130 cm³/mol. The first-order chi connectivity index (χ1) is 13.8. The van der Waals surface area contributed by atoms with Crippen LogP contribution in [0.1, 0.15) is 18.6 Å². The molecule has 0 aliphatic carbocycles. The van der Waals surface area contributed by atoms with Gasteiger partial charge in [-0.1, -0.05) is 12.1 Å². The molecule has 2 N–H and O–H groups in total. The number of guanidine groups is 1. The Morgan fingerprint density at radius 2 is 2.28 bits per heavy atom. The predicted octanol–water partition coefficient (Wildman–Crippen LogP) is 3.84. The molecule has 1 aromatic heterocycles. The van der Waals surface area contributed by atoms with E-state index in [-0.39, 0.29) is 24.0 Å². The second-order valence-corrected chi connectivity index (χ2v) is 6.86. The molecule has 1 unspecified atom stereocenters. The van der Waals surface area contributed by atoms with Gasteiger partial charge in [0, 0.05) is 50.4 Å². The number of nitrogens with zero attached hydrogens (tertiary/aromatic N) is 2. The molecular weight excluding hydrogens is 479 g/mol. The van der Waals surface area contributed by atoms with E-state index in [0.717, 1.165) is 49.8 Å². The number of aliphatic imine (C=N–C) groups is 1. The third-order valence-electron chi connectivity index (χ3n) is 4.80. The zero-order valence-corrected chi connectivity index (χ0v) is 19.3. The van der Waals surface area contributed by atoms with Gasteiger partial charge >= 0.3 is 0 Å². The minimum Gasteiger partial charge on any atom is -0.497 e. The lowest BCUT2D eigenvalue weighted by atomic mass is 10.0. The Bertz CT molecular complexity index is 764. The van der Waals surface area contributed by atoms with Crippen molar-refractivity contribution in [2.75, 3.05) is 38.2 Å². The monoisotopic (exact) mass is 510 g/mol. The van der Waals surface area contributed by atoms with Crippen LogP contribution in [0.4, 0.5) is 5.69 Å². The van der Waals surface area contributed by atoms with Gasteiger partial charge < -0.3 is 24.7 Å². The highest BCUT2D eigenvalue weighted by atomic mass is 127. The van der Waals surface area contributed by atoms with E-state index in [1.54, 1.807) is 13.4 Å². The van der Waals surface area contributed by atoms with Crippen LogP contribution < -0.4 is 20.3 Å². The zero-order chi connectivity index (χ0) is 19.6. The van der Waals surface area contributed by atoms with Gasteiger partial charge in [0.15, 0.2) is 5.96 Å². The minimum atomic E-state index is 0. The molecular formula is C22H31IN4O2. The largest absolute Gasteiger partial charge is 0.497 e. The SMILES string of the molecule is C=CCNC(=NCCc1ccco1)NC1CCCN(c2cccc(OC)c2)C1.I. The molecule has 1 atom stereocenters. The fourth-order valence-electron chi connectivity index (χ4n) is 3.38. The summed E-state index contributed by atoms with van der Waals surface area (Å²) in [5.74, 6) is 2.66. The summed E-state index contributed by atoms with van der Waals surface area (Å²) < 4.78 is 10.8. The van der Waals surface area contributed by atoms with E-state index in [1.807, 2.05) is 30.3 Å². The molecule has 0 saturated carbocycles. The fourth-order valence-corrected chi connectivity index (χ4v) is 3.38. The van der Waals surface area contributed by atoms with Crippen LogP contribution in [-0.2, 0) is 6.42 Å². The molecule has 2 aromatic rings. The third-order valence-corrected chi connectivity index (χ3v) is 4.80. The van der Waals surface area contributed by atoms with Crippen LogP contribution in [0.25, 0.3) is 0 Å². The van der Waals surface area contributed by atoms with Crippen LogP contribution in [-0.4, -0.2) is 45.3 Å². The van der Waals surface area contributed by atoms with Gasteiger partial charge in [-0.15, -0.1) is 30.6 Å². The lowest BCUT2D eigenvalue weighted by Gasteiger charge is -2.35. The van der Waals surface area contributed by atoms with Gasteiger partial charge in [-0.05, 0) is 37.1 Å². The van der Waals surface area contributed by atoms with Crippen molar-refractivity contribution in [3.05, 3.63) is 61.1 Å². The topological polar surface area (TPSA) is 62.0 Å². The summed E-state index contributed by atoms with van der Waals surface area (Å²) in [6.45, 7) is 7.12. The summed E-state index contributed by atoms with van der Waals surface area (Å²) in [5, 5.41) is 6.91. The lowest BCUT2D eigenvalue weighted by molar-refractivity contribution is 0.414. The number of piperidine rings is 1. The molecule has 7 heteroatoms. The first kappa shape index (κ1) is 23.1. The Hall–Kier alpha value is -2.16. The summed E-state index contributed by atoms with van der Waals surface area (Å²) in [4.78, 5) is 7.10. The van der Waals surface area contributed by atoms with Crippen LogP contribution in [0.15, 0.2) is 64.7 Å². The Balaban J connectivity index is 0.00000300. The highest BCUT2D eigenvalue weighted by molar-refractivity contribution is 14.0.